The zero-order valence-electron chi connectivity index (χ0n) is 12.6. The molecule has 3 N–H and O–H groups in total. The fourth-order valence-corrected chi connectivity index (χ4v) is 2.16. The third kappa shape index (κ3) is 6.28. The largest absolute Gasteiger partial charge is 0.573 e. The molecule has 8 heteroatoms. The number of halogens is 4. The fraction of sp³-hybridized carbons (Fsp3) is 0.400. The average molecular weight is 441 g/mol. The maximum absolute atomic E-state index is 12.4. The molecule has 2 unspecified atom stereocenters. The van der Waals surface area contributed by atoms with Gasteiger partial charge < -0.3 is 15.8 Å². The van der Waals surface area contributed by atoms with E-state index >= 15 is 0 Å². The molecule has 1 aromatic carbocycles. The lowest BCUT2D eigenvalue weighted by Crippen LogP contribution is -2.34. The lowest BCUT2D eigenvalue weighted by molar-refractivity contribution is -0.274. The number of nitrogens with two attached hydrogens (primary N) is 1. The van der Waals surface area contributed by atoms with Crippen LogP contribution in [0.3, 0.4) is 0 Å². The van der Waals surface area contributed by atoms with Gasteiger partial charge in [0.15, 0.2) is 5.96 Å². The first-order valence-corrected chi connectivity index (χ1v) is 6.82. The highest BCUT2D eigenvalue weighted by atomic mass is 127. The van der Waals surface area contributed by atoms with E-state index in [0.717, 1.165) is 5.57 Å². The number of rotatable bonds is 5. The van der Waals surface area contributed by atoms with E-state index in [1.807, 2.05) is 6.92 Å². The number of hydrogen-bond acceptors (Lipinski definition) is 2. The van der Waals surface area contributed by atoms with Crippen LogP contribution in [0.5, 0.6) is 5.75 Å². The Morgan fingerprint density at radius 2 is 2.09 bits per heavy atom. The van der Waals surface area contributed by atoms with Gasteiger partial charge in [0.1, 0.15) is 5.75 Å². The molecule has 0 heterocycles. The molecule has 0 bridgehead atoms. The summed E-state index contributed by atoms with van der Waals surface area (Å²) in [5.74, 6) is 0.0311. The van der Waals surface area contributed by atoms with E-state index in [2.05, 4.69) is 21.6 Å². The Bertz CT molecular complexity index is 590. The van der Waals surface area contributed by atoms with Crippen LogP contribution in [-0.2, 0) is 0 Å². The molecule has 128 valence electrons. The zero-order chi connectivity index (χ0) is 16.3. The summed E-state index contributed by atoms with van der Waals surface area (Å²) in [6, 6.07) is 6.11. The Morgan fingerprint density at radius 1 is 1.43 bits per heavy atom. The van der Waals surface area contributed by atoms with Crippen LogP contribution in [0.1, 0.15) is 24.8 Å². The Morgan fingerprint density at radius 3 is 2.70 bits per heavy atom. The zero-order valence-corrected chi connectivity index (χ0v) is 14.9. The Labute approximate surface area is 150 Å². The van der Waals surface area contributed by atoms with E-state index in [9.17, 15) is 13.2 Å². The highest BCUT2D eigenvalue weighted by molar-refractivity contribution is 14.0. The minimum Gasteiger partial charge on any atom is -0.405 e. The molecule has 0 radical (unpaired) electrons. The molecule has 1 aliphatic rings. The van der Waals surface area contributed by atoms with E-state index < -0.39 is 6.36 Å². The molecular formula is C15H19F3IN3O. The molecule has 0 amide bonds. The normalized spacial score (nSPS) is 20.4. The van der Waals surface area contributed by atoms with Crippen molar-refractivity contribution in [3.63, 3.8) is 0 Å². The van der Waals surface area contributed by atoms with Gasteiger partial charge in [0.05, 0.1) is 6.54 Å². The van der Waals surface area contributed by atoms with Crippen LogP contribution in [0.4, 0.5) is 13.2 Å². The van der Waals surface area contributed by atoms with Crippen molar-refractivity contribution in [2.45, 2.75) is 31.7 Å². The van der Waals surface area contributed by atoms with E-state index in [-0.39, 0.29) is 47.6 Å². The number of guanidine groups is 1. The average Bonchev–Trinajstić information content (AvgIpc) is 3.14. The predicted molar refractivity (Wildman–Crippen MR) is 94.1 cm³/mol. The van der Waals surface area contributed by atoms with Gasteiger partial charge in [-0.25, -0.2) is 4.99 Å². The summed E-state index contributed by atoms with van der Waals surface area (Å²) >= 11 is 0. The quantitative estimate of drug-likeness (QED) is 0.318. The molecule has 0 spiro atoms. The third-order valence-corrected chi connectivity index (χ3v) is 3.19. The maximum atomic E-state index is 12.4. The van der Waals surface area contributed by atoms with Crippen LogP contribution in [-0.4, -0.2) is 24.9 Å². The second kappa shape index (κ2) is 7.89. The van der Waals surface area contributed by atoms with Crippen molar-refractivity contribution in [2.75, 3.05) is 6.54 Å². The van der Waals surface area contributed by atoms with Gasteiger partial charge in [-0.05, 0) is 25.0 Å². The van der Waals surface area contributed by atoms with Crippen LogP contribution in [0.15, 0.2) is 41.4 Å². The summed E-state index contributed by atoms with van der Waals surface area (Å²) in [4.78, 5) is 4.09. The van der Waals surface area contributed by atoms with Crippen molar-refractivity contribution < 1.29 is 17.9 Å². The summed E-state index contributed by atoms with van der Waals surface area (Å²) in [5, 5.41) is 3.00. The van der Waals surface area contributed by atoms with E-state index in [0.29, 0.717) is 18.5 Å². The van der Waals surface area contributed by atoms with Crippen molar-refractivity contribution in [3.05, 3.63) is 42.0 Å². The van der Waals surface area contributed by atoms with Crippen LogP contribution < -0.4 is 15.8 Å². The molecular weight excluding hydrogens is 422 g/mol. The molecule has 1 aliphatic carbocycles. The first-order chi connectivity index (χ1) is 10.3. The van der Waals surface area contributed by atoms with Gasteiger partial charge in [0, 0.05) is 12.0 Å². The van der Waals surface area contributed by atoms with E-state index in [1.54, 1.807) is 12.1 Å². The number of benzene rings is 1. The van der Waals surface area contributed by atoms with Crippen molar-refractivity contribution >= 4 is 29.9 Å². The molecule has 2 rings (SSSR count). The van der Waals surface area contributed by atoms with Crippen molar-refractivity contribution in [1.29, 1.82) is 0 Å². The minimum absolute atomic E-state index is 0. The first kappa shape index (κ1) is 19.6. The van der Waals surface area contributed by atoms with Gasteiger partial charge in [-0.2, -0.15) is 0 Å². The summed E-state index contributed by atoms with van der Waals surface area (Å²) in [6.45, 7) is 5.97. The number of aliphatic imine (C=N–C) groups is 1. The van der Waals surface area contributed by atoms with Gasteiger partial charge >= 0.3 is 6.36 Å². The second-order valence-electron chi connectivity index (χ2n) is 5.34. The topological polar surface area (TPSA) is 59.6 Å². The van der Waals surface area contributed by atoms with Gasteiger partial charge in [-0.15, -0.1) is 37.1 Å². The van der Waals surface area contributed by atoms with E-state index in [1.165, 1.54) is 12.1 Å². The molecule has 23 heavy (non-hydrogen) atoms. The number of nitrogens with one attached hydrogen (secondary N) is 1. The number of nitrogens with zero attached hydrogens (tertiary/aromatic N) is 1. The minimum atomic E-state index is -4.70. The summed E-state index contributed by atoms with van der Waals surface area (Å²) < 4.78 is 41.3. The highest BCUT2D eigenvalue weighted by Crippen LogP contribution is 2.45. The first-order valence-electron chi connectivity index (χ1n) is 6.82. The number of hydrogen-bond donors (Lipinski definition) is 2. The van der Waals surface area contributed by atoms with E-state index in [4.69, 9.17) is 5.73 Å². The lowest BCUT2D eigenvalue weighted by atomic mass is 10.1. The predicted octanol–water partition coefficient (Wildman–Crippen LogP) is 3.54. The molecule has 4 nitrogen and oxygen atoms in total. The smallest absolute Gasteiger partial charge is 0.405 e. The summed E-state index contributed by atoms with van der Waals surface area (Å²) in [7, 11) is 0. The van der Waals surface area contributed by atoms with Gasteiger partial charge in [-0.1, -0.05) is 30.4 Å². The molecule has 1 saturated carbocycles. The molecule has 0 saturated heterocycles. The highest BCUT2D eigenvalue weighted by Gasteiger charge is 2.42. The summed E-state index contributed by atoms with van der Waals surface area (Å²) in [6.07, 6.45) is -4.02. The van der Waals surface area contributed by atoms with Crippen molar-refractivity contribution in [2.24, 2.45) is 10.7 Å². The SMILES string of the molecule is C=C(C)CN=C(N)NC1CC1c1ccccc1OC(F)(F)F.I. The van der Waals surface area contributed by atoms with Crippen LogP contribution in [0, 0.1) is 0 Å². The van der Waals surface area contributed by atoms with Gasteiger partial charge in [-0.3, -0.25) is 0 Å². The molecule has 0 aromatic heterocycles. The number of para-hydroxylation sites is 1. The Balaban J connectivity index is 0.00000264. The third-order valence-electron chi connectivity index (χ3n) is 3.19. The number of ether oxygens (including phenoxy) is 1. The monoisotopic (exact) mass is 441 g/mol. The molecule has 0 aliphatic heterocycles. The molecule has 1 aromatic rings. The standard InChI is InChI=1S/C15H18F3N3O.HI/c1-9(2)8-20-14(19)21-12-7-11(12)10-5-3-4-6-13(10)22-15(16,17)18;/h3-6,11-12H,1,7-8H2,2H3,(H3,19,20,21);1H. The van der Waals surface area contributed by atoms with Crippen molar-refractivity contribution in [1.82, 2.24) is 5.32 Å². The van der Waals surface area contributed by atoms with Gasteiger partial charge in [0.2, 0.25) is 0 Å². The Kier molecular flexibility index (Phi) is 6.72. The fourth-order valence-electron chi connectivity index (χ4n) is 2.16. The summed E-state index contributed by atoms with van der Waals surface area (Å²) in [5.41, 5.74) is 7.12. The number of alkyl halides is 3. The molecule has 1 fully saturated rings. The van der Waals surface area contributed by atoms with Crippen molar-refractivity contribution in [3.8, 4) is 5.75 Å². The Hall–Kier alpha value is -1.45. The lowest BCUT2D eigenvalue weighted by Gasteiger charge is -2.13. The van der Waals surface area contributed by atoms with Crippen LogP contribution in [0.25, 0.3) is 0 Å². The second-order valence-corrected chi connectivity index (χ2v) is 5.34. The van der Waals surface area contributed by atoms with Crippen LogP contribution >= 0.6 is 24.0 Å². The molecule has 2 atom stereocenters. The maximum Gasteiger partial charge on any atom is 0.573 e. The van der Waals surface area contributed by atoms with Crippen LogP contribution in [0.2, 0.25) is 0 Å². The van der Waals surface area contributed by atoms with Gasteiger partial charge in [0.25, 0.3) is 0 Å².